The van der Waals surface area contributed by atoms with Gasteiger partial charge in [-0.3, -0.25) is 0 Å². The number of rotatable bonds is 7. The summed E-state index contributed by atoms with van der Waals surface area (Å²) in [6.45, 7) is 7.36. The van der Waals surface area contributed by atoms with E-state index < -0.39 is 21.7 Å². The van der Waals surface area contributed by atoms with Crippen LogP contribution in [0.4, 0.5) is 8.78 Å². The number of halogens is 2. The second-order valence-corrected chi connectivity index (χ2v) is 11.6. The van der Waals surface area contributed by atoms with E-state index in [1.54, 1.807) is 6.07 Å². The predicted molar refractivity (Wildman–Crippen MR) is 120 cm³/mol. The third-order valence-electron chi connectivity index (χ3n) is 5.56. The van der Waals surface area contributed by atoms with E-state index in [0.29, 0.717) is 18.7 Å². The van der Waals surface area contributed by atoms with Gasteiger partial charge in [0.25, 0.3) is 0 Å². The highest BCUT2D eigenvalue weighted by Crippen LogP contribution is 2.32. The molecular formula is C24H28F2N2O2S. The van der Waals surface area contributed by atoms with E-state index in [0.717, 1.165) is 47.4 Å². The van der Waals surface area contributed by atoms with Crippen LogP contribution in [0.15, 0.2) is 42.6 Å². The van der Waals surface area contributed by atoms with Gasteiger partial charge in [-0.05, 0) is 65.6 Å². The number of benzene rings is 2. The molecule has 1 fully saturated rings. The van der Waals surface area contributed by atoms with E-state index in [1.165, 1.54) is 6.07 Å². The summed E-state index contributed by atoms with van der Waals surface area (Å²) in [5, 5.41) is 0.811. The highest BCUT2D eigenvalue weighted by Gasteiger charge is 2.35. The Kier molecular flexibility index (Phi) is 5.68. The molecule has 1 N–H and O–H groups in total. The Morgan fingerprint density at radius 1 is 1.03 bits per heavy atom. The first-order chi connectivity index (χ1) is 14.5. The van der Waals surface area contributed by atoms with Gasteiger partial charge in [0.15, 0.2) is 11.6 Å². The zero-order chi connectivity index (χ0) is 22.4. The minimum atomic E-state index is -3.21. The number of fused-ring (bicyclic) bond motifs is 1. The highest BCUT2D eigenvalue weighted by molar-refractivity contribution is 7.90. The molecule has 4 nitrogen and oxygen atoms in total. The summed E-state index contributed by atoms with van der Waals surface area (Å²) in [7, 11) is -3.21. The molecule has 1 saturated carbocycles. The van der Waals surface area contributed by atoms with E-state index in [1.807, 2.05) is 18.2 Å². The first-order valence-electron chi connectivity index (χ1n) is 10.6. The van der Waals surface area contributed by atoms with Gasteiger partial charge in [-0.1, -0.05) is 32.9 Å². The Morgan fingerprint density at radius 3 is 2.35 bits per heavy atom. The van der Waals surface area contributed by atoms with Crippen LogP contribution in [0.5, 0.6) is 0 Å². The molecule has 1 aliphatic rings. The van der Waals surface area contributed by atoms with Crippen molar-refractivity contribution in [3.05, 3.63) is 59.8 Å². The number of nitrogens with zero attached hydrogens (tertiary/aromatic N) is 1. The highest BCUT2D eigenvalue weighted by atomic mass is 32.2. The number of aromatic nitrogens is 1. The molecule has 1 aromatic heterocycles. The number of hydrogen-bond donors (Lipinski definition) is 1. The second kappa shape index (κ2) is 8.02. The molecule has 0 atom stereocenters. The van der Waals surface area contributed by atoms with Crippen molar-refractivity contribution in [1.29, 1.82) is 0 Å². The van der Waals surface area contributed by atoms with Crippen molar-refractivity contribution < 1.29 is 17.2 Å². The molecule has 4 rings (SSSR count). The summed E-state index contributed by atoms with van der Waals surface area (Å²) in [5.41, 5.74) is 3.64. The summed E-state index contributed by atoms with van der Waals surface area (Å²) in [4.78, 5) is 0. The molecule has 31 heavy (non-hydrogen) atoms. The molecule has 0 radical (unpaired) electrons. The normalized spacial score (nSPS) is 15.0. The lowest BCUT2D eigenvalue weighted by atomic mass is 9.88. The lowest BCUT2D eigenvalue weighted by Gasteiger charge is -2.17. The fourth-order valence-electron chi connectivity index (χ4n) is 3.93. The Hall–Kier alpha value is -2.25. The first-order valence-corrected chi connectivity index (χ1v) is 12.1. The van der Waals surface area contributed by atoms with E-state index in [9.17, 15) is 17.2 Å². The maximum atomic E-state index is 13.7. The molecule has 1 heterocycles. The topological polar surface area (TPSA) is 51.1 Å². The molecule has 0 bridgehead atoms. The maximum absolute atomic E-state index is 13.7. The lowest BCUT2D eigenvalue weighted by molar-refractivity contribution is 0.412. The van der Waals surface area contributed by atoms with Gasteiger partial charge >= 0.3 is 0 Å². The molecule has 0 aliphatic heterocycles. The van der Waals surface area contributed by atoms with E-state index in [-0.39, 0.29) is 10.7 Å². The zero-order valence-corrected chi connectivity index (χ0v) is 18.9. The number of nitrogens with one attached hydrogen (secondary N) is 1. The smallest absolute Gasteiger partial charge is 0.214 e. The van der Waals surface area contributed by atoms with Gasteiger partial charge in [-0.25, -0.2) is 21.9 Å². The average molecular weight is 447 g/mol. The van der Waals surface area contributed by atoms with Gasteiger partial charge in [-0.2, -0.15) is 0 Å². The minimum Gasteiger partial charge on any atom is -0.346 e. The van der Waals surface area contributed by atoms with Crippen LogP contribution in [0.2, 0.25) is 0 Å². The fraction of sp³-hybridized carbons (Fsp3) is 0.417. The van der Waals surface area contributed by atoms with Crippen LogP contribution in [0, 0.1) is 17.0 Å². The van der Waals surface area contributed by atoms with Crippen molar-refractivity contribution in [2.45, 2.75) is 51.8 Å². The monoisotopic (exact) mass is 446 g/mol. The first kappa shape index (κ1) is 22.0. The Labute approximate surface area is 182 Å². The molecule has 1 aliphatic carbocycles. The van der Waals surface area contributed by atoms with Crippen molar-refractivity contribution in [1.82, 2.24) is 9.29 Å². The van der Waals surface area contributed by atoms with Crippen molar-refractivity contribution in [3.8, 4) is 11.1 Å². The summed E-state index contributed by atoms with van der Waals surface area (Å²) in [5.74, 6) is -1.73. The van der Waals surface area contributed by atoms with Gasteiger partial charge in [0.2, 0.25) is 10.0 Å². The van der Waals surface area contributed by atoms with Crippen LogP contribution in [-0.4, -0.2) is 24.8 Å². The van der Waals surface area contributed by atoms with E-state index in [4.69, 9.17) is 0 Å². The molecule has 166 valence electrons. The molecule has 0 spiro atoms. The van der Waals surface area contributed by atoms with Crippen molar-refractivity contribution in [2.24, 2.45) is 5.41 Å². The SMILES string of the molecule is CC(C)(C)Cc1cn(CCNS(=O)(=O)C2CC2)c2ccc(-c3ccc(F)c(F)c3)cc12. The Balaban J connectivity index is 1.67. The Bertz CT molecular complexity index is 1220. The summed E-state index contributed by atoms with van der Waals surface area (Å²) < 4.78 is 56.1. The van der Waals surface area contributed by atoms with Crippen molar-refractivity contribution >= 4 is 20.9 Å². The van der Waals surface area contributed by atoms with Crippen LogP contribution in [0.25, 0.3) is 22.0 Å². The molecular weight excluding hydrogens is 418 g/mol. The second-order valence-electron chi connectivity index (χ2n) is 9.58. The van der Waals surface area contributed by atoms with Gasteiger partial charge in [0.1, 0.15) is 0 Å². The number of hydrogen-bond acceptors (Lipinski definition) is 2. The molecule has 2 aromatic carbocycles. The van der Waals surface area contributed by atoms with Gasteiger partial charge < -0.3 is 4.57 Å². The fourth-order valence-corrected chi connectivity index (χ4v) is 5.30. The standard InChI is InChI=1S/C24H28F2N2O2S/c1-24(2,3)14-18-15-28(11-10-27-31(29,30)19-6-7-19)23-9-5-16(12-20(18)23)17-4-8-21(25)22(26)13-17/h4-5,8-9,12-13,15,19,27H,6-7,10-11,14H2,1-3H3. The summed E-state index contributed by atoms with van der Waals surface area (Å²) >= 11 is 0. The third-order valence-corrected chi connectivity index (χ3v) is 7.51. The largest absolute Gasteiger partial charge is 0.346 e. The number of sulfonamides is 1. The van der Waals surface area contributed by atoms with Crippen molar-refractivity contribution in [2.75, 3.05) is 6.54 Å². The van der Waals surface area contributed by atoms with Gasteiger partial charge in [0.05, 0.1) is 5.25 Å². The summed E-state index contributed by atoms with van der Waals surface area (Å²) in [6.07, 6.45) is 4.40. The average Bonchev–Trinajstić information content (AvgIpc) is 3.49. The molecule has 0 unspecified atom stereocenters. The zero-order valence-electron chi connectivity index (χ0n) is 18.1. The molecule has 0 saturated heterocycles. The molecule has 3 aromatic rings. The Morgan fingerprint density at radius 2 is 1.71 bits per heavy atom. The van der Waals surface area contributed by atoms with Crippen molar-refractivity contribution in [3.63, 3.8) is 0 Å². The predicted octanol–water partition coefficient (Wildman–Crippen LogP) is 5.26. The van der Waals surface area contributed by atoms with E-state index in [2.05, 4.69) is 36.3 Å². The van der Waals surface area contributed by atoms with Crippen LogP contribution in [0.3, 0.4) is 0 Å². The third kappa shape index (κ3) is 4.99. The molecule has 0 amide bonds. The summed E-state index contributed by atoms with van der Waals surface area (Å²) in [6, 6.07) is 9.79. The maximum Gasteiger partial charge on any atom is 0.214 e. The minimum absolute atomic E-state index is 0.0602. The van der Waals surface area contributed by atoms with Gasteiger partial charge in [0, 0.05) is 30.2 Å². The van der Waals surface area contributed by atoms with Crippen LogP contribution in [-0.2, 0) is 23.0 Å². The van der Waals surface area contributed by atoms with E-state index >= 15 is 0 Å². The van der Waals surface area contributed by atoms with Crippen LogP contribution in [0.1, 0.15) is 39.2 Å². The van der Waals surface area contributed by atoms with Crippen LogP contribution < -0.4 is 4.72 Å². The molecule has 7 heteroatoms. The quantitative estimate of drug-likeness (QED) is 0.538. The van der Waals surface area contributed by atoms with Crippen LogP contribution >= 0.6 is 0 Å². The van der Waals surface area contributed by atoms with Gasteiger partial charge in [-0.15, -0.1) is 0 Å². The lowest BCUT2D eigenvalue weighted by Crippen LogP contribution is -2.30.